The summed E-state index contributed by atoms with van der Waals surface area (Å²) in [6, 6.07) is 6.20. The van der Waals surface area contributed by atoms with Crippen LogP contribution in [0.5, 0.6) is 0 Å². The second-order valence-electron chi connectivity index (χ2n) is 13.2. The van der Waals surface area contributed by atoms with Gasteiger partial charge in [-0.3, -0.25) is 24.2 Å². The second kappa shape index (κ2) is 21.5. The van der Waals surface area contributed by atoms with Gasteiger partial charge in [-0.1, -0.05) is 27.2 Å². The number of aliphatic imine (C=N–C) groups is 1. The van der Waals surface area contributed by atoms with Crippen molar-refractivity contribution < 1.29 is 29.0 Å². The number of ether oxygens (including phenoxy) is 1. The molecule has 4 rings (SSSR count). The number of nitrogens with one attached hydrogen (secondary N) is 2. The van der Waals surface area contributed by atoms with Crippen LogP contribution in [0.25, 0.3) is 0 Å². The Labute approximate surface area is 322 Å². The summed E-state index contributed by atoms with van der Waals surface area (Å²) in [4.78, 5) is 67.5. The van der Waals surface area contributed by atoms with Gasteiger partial charge in [-0.25, -0.2) is 9.97 Å². The molecule has 0 aliphatic carbocycles. The van der Waals surface area contributed by atoms with Crippen molar-refractivity contribution in [2.75, 3.05) is 49.4 Å². The number of amides is 4. The molecule has 4 heterocycles. The summed E-state index contributed by atoms with van der Waals surface area (Å²) < 4.78 is 5.31. The summed E-state index contributed by atoms with van der Waals surface area (Å²) in [5.41, 5.74) is 0.0747. The van der Waals surface area contributed by atoms with Crippen molar-refractivity contribution in [3.8, 4) is 0 Å². The lowest BCUT2D eigenvalue weighted by atomic mass is 10.1. The highest BCUT2D eigenvalue weighted by Gasteiger charge is 2.26. The Morgan fingerprint density at radius 2 is 1.60 bits per heavy atom. The molecule has 1 unspecified atom stereocenters. The van der Waals surface area contributed by atoms with E-state index >= 15 is 0 Å². The Hall–Kier alpha value is -3.15. The van der Waals surface area contributed by atoms with E-state index in [1.807, 2.05) is 11.0 Å². The molecule has 2 aromatic heterocycles. The number of hydrogen-bond donors (Lipinski definition) is 2. The zero-order chi connectivity index (χ0) is 37.3. The Bertz CT molecular complexity index is 1500. The first-order chi connectivity index (χ1) is 25.0. The largest absolute Gasteiger partial charge is 0.595 e. The quantitative estimate of drug-likeness (QED) is 0.0945. The number of thioether (sulfide) groups is 2. The van der Waals surface area contributed by atoms with Gasteiger partial charge in [0.2, 0.25) is 11.8 Å². The third kappa shape index (κ3) is 14.7. The Balaban J connectivity index is 1.11. The van der Waals surface area contributed by atoms with Crippen LogP contribution in [0.15, 0.2) is 51.6 Å². The lowest BCUT2D eigenvalue weighted by Gasteiger charge is -2.30. The number of pyridine rings is 2. The average Bonchev–Trinajstić information content (AvgIpc) is 3.87. The van der Waals surface area contributed by atoms with E-state index in [0.717, 1.165) is 48.1 Å². The highest BCUT2D eigenvalue weighted by Crippen LogP contribution is 2.35. The SMILES string of the molecule is CC(C)(C)OC([O-])=NC(CCCCNC(=O)c1ccc(SSc2ccc(C(=O)NCCCCCC(=O)N3CCSC3)nc2)nc1)C(=O)N1CCSC1. The number of hydrogen-bond acceptors (Lipinski definition) is 13. The maximum absolute atomic E-state index is 13.0. The van der Waals surface area contributed by atoms with Crippen LogP contribution in [0.2, 0.25) is 0 Å². The molecular formula is C35H48N7O6S4-. The van der Waals surface area contributed by atoms with Gasteiger partial charge < -0.3 is 30.3 Å². The molecule has 2 aromatic rings. The van der Waals surface area contributed by atoms with Crippen LogP contribution >= 0.6 is 45.1 Å². The van der Waals surface area contributed by atoms with E-state index in [-0.39, 0.29) is 23.6 Å². The van der Waals surface area contributed by atoms with Gasteiger partial charge in [0.25, 0.3) is 11.8 Å². The van der Waals surface area contributed by atoms with Gasteiger partial charge >= 0.3 is 0 Å². The monoisotopic (exact) mass is 790 g/mol. The molecule has 17 heteroatoms. The molecule has 2 aliphatic heterocycles. The second-order valence-corrected chi connectivity index (χ2v) is 17.6. The zero-order valence-electron chi connectivity index (χ0n) is 30.0. The first kappa shape index (κ1) is 41.6. The lowest BCUT2D eigenvalue weighted by Crippen LogP contribution is -2.39. The highest BCUT2D eigenvalue weighted by atomic mass is 33.1. The number of unbranched alkanes of at least 4 members (excludes halogenated alkanes) is 3. The molecule has 52 heavy (non-hydrogen) atoms. The van der Waals surface area contributed by atoms with Crippen molar-refractivity contribution in [1.82, 2.24) is 30.4 Å². The smallest absolute Gasteiger partial charge is 0.269 e. The first-order valence-electron chi connectivity index (χ1n) is 17.5. The molecule has 2 N–H and O–H groups in total. The Kier molecular flexibility index (Phi) is 17.2. The maximum Gasteiger partial charge on any atom is 0.269 e. The van der Waals surface area contributed by atoms with E-state index in [1.54, 1.807) is 73.6 Å². The minimum atomic E-state index is -0.807. The molecule has 0 spiro atoms. The van der Waals surface area contributed by atoms with Crippen LogP contribution in [0.3, 0.4) is 0 Å². The van der Waals surface area contributed by atoms with Crippen molar-refractivity contribution >= 4 is 74.8 Å². The number of rotatable bonds is 18. The van der Waals surface area contributed by atoms with Crippen LogP contribution < -0.4 is 15.7 Å². The fraction of sp³-hybridized carbons (Fsp3) is 0.571. The van der Waals surface area contributed by atoms with Crippen LogP contribution in [-0.4, -0.2) is 111 Å². The van der Waals surface area contributed by atoms with Crippen molar-refractivity contribution in [3.63, 3.8) is 0 Å². The minimum absolute atomic E-state index is 0.168. The predicted octanol–water partition coefficient (Wildman–Crippen LogP) is 4.43. The summed E-state index contributed by atoms with van der Waals surface area (Å²) in [6.45, 7) is 7.70. The third-order valence-electron chi connectivity index (χ3n) is 7.84. The number of carbonyl (C=O) groups is 4. The summed E-state index contributed by atoms with van der Waals surface area (Å²) in [7, 11) is 2.86. The molecule has 2 fully saturated rings. The summed E-state index contributed by atoms with van der Waals surface area (Å²) in [5.74, 6) is 2.86. The number of aromatic nitrogens is 2. The Morgan fingerprint density at radius 3 is 2.23 bits per heavy atom. The number of nitrogens with zero attached hydrogens (tertiary/aromatic N) is 5. The fourth-order valence-corrected chi connectivity index (χ4v) is 8.77. The summed E-state index contributed by atoms with van der Waals surface area (Å²) in [5, 5.41) is 18.8. The van der Waals surface area contributed by atoms with E-state index in [1.165, 1.54) is 27.8 Å². The van der Waals surface area contributed by atoms with Gasteiger partial charge in [0.1, 0.15) is 22.8 Å². The fourth-order valence-electron chi connectivity index (χ4n) is 5.08. The van der Waals surface area contributed by atoms with Crippen molar-refractivity contribution in [3.05, 3.63) is 47.9 Å². The molecule has 0 radical (unpaired) electrons. The maximum atomic E-state index is 13.0. The molecular weight excluding hydrogens is 743 g/mol. The van der Waals surface area contributed by atoms with Crippen molar-refractivity contribution in [2.45, 2.75) is 87.3 Å². The first-order valence-corrected chi connectivity index (χ1v) is 21.9. The van der Waals surface area contributed by atoms with Crippen LogP contribution in [0, 0.1) is 0 Å². The van der Waals surface area contributed by atoms with E-state index in [2.05, 4.69) is 25.6 Å². The summed E-state index contributed by atoms with van der Waals surface area (Å²) >= 11 is 3.46. The van der Waals surface area contributed by atoms with Gasteiger partial charge in [0.15, 0.2) is 0 Å². The highest BCUT2D eigenvalue weighted by molar-refractivity contribution is 8.76. The summed E-state index contributed by atoms with van der Waals surface area (Å²) in [6.07, 6.45) is 7.10. The minimum Gasteiger partial charge on any atom is -0.595 e. The standard InChI is InChI=1S/C35H49N7O6S4/c1-35(2,3)48-34(47)40-28(33(46)42-18-20-50-24-42)9-6-8-16-36-31(44)25-11-14-29(39-21-25)52-51-26-12-13-27(38-22-26)32(45)37-15-7-4-5-10-30(43)41-17-19-49-23-41/h11-14,21-22,28H,4-10,15-20,23-24H2,1-3H3,(H,36,44)(H,37,45)(H,40,47)/p-1. The Morgan fingerprint density at radius 1 is 0.885 bits per heavy atom. The molecule has 2 saturated heterocycles. The molecule has 0 saturated carbocycles. The van der Waals surface area contributed by atoms with E-state index in [9.17, 15) is 24.3 Å². The average molecular weight is 791 g/mol. The normalized spacial score (nSPS) is 15.4. The predicted molar refractivity (Wildman–Crippen MR) is 207 cm³/mol. The van der Waals surface area contributed by atoms with Gasteiger partial charge in [0, 0.05) is 67.0 Å². The lowest BCUT2D eigenvalue weighted by molar-refractivity contribution is -0.261. The molecule has 2 aliphatic rings. The molecule has 284 valence electrons. The molecule has 1 atom stereocenters. The van der Waals surface area contributed by atoms with Crippen LogP contribution in [-0.2, 0) is 14.3 Å². The van der Waals surface area contributed by atoms with E-state index in [4.69, 9.17) is 4.74 Å². The number of carbonyl (C=O) groups excluding carboxylic acids is 4. The van der Waals surface area contributed by atoms with Gasteiger partial charge in [0.05, 0.1) is 17.3 Å². The molecule has 4 amide bonds. The van der Waals surface area contributed by atoms with Crippen LogP contribution in [0.1, 0.15) is 86.6 Å². The van der Waals surface area contributed by atoms with Gasteiger partial charge in [-0.2, -0.15) is 0 Å². The van der Waals surface area contributed by atoms with E-state index < -0.39 is 17.7 Å². The van der Waals surface area contributed by atoms with Crippen molar-refractivity contribution in [1.29, 1.82) is 0 Å². The van der Waals surface area contributed by atoms with E-state index in [0.29, 0.717) is 67.5 Å². The molecule has 13 nitrogen and oxygen atoms in total. The van der Waals surface area contributed by atoms with Crippen LogP contribution in [0.4, 0.5) is 0 Å². The topological polar surface area (TPSA) is 169 Å². The molecule has 0 bridgehead atoms. The molecule has 0 aromatic carbocycles. The zero-order valence-corrected chi connectivity index (χ0v) is 33.2. The van der Waals surface area contributed by atoms with Crippen molar-refractivity contribution in [2.24, 2.45) is 4.99 Å². The van der Waals surface area contributed by atoms with Gasteiger partial charge in [-0.15, -0.1) is 23.5 Å². The van der Waals surface area contributed by atoms with Gasteiger partial charge in [-0.05, 0) is 78.0 Å². The third-order valence-corrected chi connectivity index (χ3v) is 12.0.